The number of nitrogens with one attached hydrogen (secondary N) is 2. The van der Waals surface area contributed by atoms with Gasteiger partial charge in [-0.1, -0.05) is 6.07 Å². The van der Waals surface area contributed by atoms with E-state index in [1.54, 1.807) is 24.5 Å². The van der Waals surface area contributed by atoms with Gasteiger partial charge < -0.3 is 20.3 Å². The van der Waals surface area contributed by atoms with Gasteiger partial charge in [0.1, 0.15) is 6.61 Å². The van der Waals surface area contributed by atoms with Crippen molar-refractivity contribution < 1.29 is 23.9 Å². The van der Waals surface area contributed by atoms with Gasteiger partial charge >= 0.3 is 5.97 Å². The number of hydrogen-bond donors (Lipinski definition) is 2. The molecule has 2 amide bonds. The molecule has 2 atom stereocenters. The van der Waals surface area contributed by atoms with Crippen LogP contribution in [-0.2, 0) is 23.9 Å². The maximum absolute atomic E-state index is 13.1. The minimum absolute atomic E-state index is 0.101. The van der Waals surface area contributed by atoms with E-state index < -0.39 is 12.0 Å². The SMILES string of the molecule is CC(=O)COC(=O)C[C@H](NC(=O)[C@@H]1CCCN(C(=O)CCC2CCNCC2)C1)c1cccnc1. The lowest BCUT2D eigenvalue weighted by atomic mass is 9.92. The van der Waals surface area contributed by atoms with Crippen molar-refractivity contribution in [3.8, 4) is 0 Å². The number of Topliss-reactive ketones (excluding diaryl/α,β-unsaturated/α-hetero) is 1. The van der Waals surface area contributed by atoms with Crippen molar-refractivity contribution in [3.63, 3.8) is 0 Å². The van der Waals surface area contributed by atoms with Gasteiger partial charge in [0.2, 0.25) is 11.8 Å². The topological polar surface area (TPSA) is 118 Å². The third kappa shape index (κ3) is 8.20. The number of carbonyl (C=O) groups excluding carboxylic acids is 4. The van der Waals surface area contributed by atoms with Crippen LogP contribution in [0.2, 0.25) is 0 Å². The van der Waals surface area contributed by atoms with Gasteiger partial charge in [0, 0.05) is 31.9 Å². The van der Waals surface area contributed by atoms with Crippen molar-refractivity contribution in [2.45, 2.75) is 57.9 Å². The number of aromatic nitrogens is 1. The Balaban J connectivity index is 1.55. The minimum atomic E-state index is -0.619. The van der Waals surface area contributed by atoms with Gasteiger partial charge in [-0.25, -0.2) is 0 Å². The molecule has 34 heavy (non-hydrogen) atoms. The average molecular weight is 473 g/mol. The molecule has 0 bridgehead atoms. The fourth-order valence-electron chi connectivity index (χ4n) is 4.61. The zero-order valence-electron chi connectivity index (χ0n) is 20.0. The van der Waals surface area contributed by atoms with Crippen molar-refractivity contribution in [2.75, 3.05) is 32.8 Å². The summed E-state index contributed by atoms with van der Waals surface area (Å²) in [6.07, 6.45) is 8.24. The first-order valence-corrected chi connectivity index (χ1v) is 12.3. The van der Waals surface area contributed by atoms with E-state index in [1.165, 1.54) is 6.92 Å². The second-order valence-corrected chi connectivity index (χ2v) is 9.33. The van der Waals surface area contributed by atoms with Crippen molar-refractivity contribution in [3.05, 3.63) is 30.1 Å². The Bertz CT molecular complexity index is 841. The number of rotatable bonds is 10. The van der Waals surface area contributed by atoms with E-state index >= 15 is 0 Å². The van der Waals surface area contributed by atoms with E-state index in [1.807, 2.05) is 4.90 Å². The molecule has 0 radical (unpaired) electrons. The number of esters is 1. The van der Waals surface area contributed by atoms with Crippen molar-refractivity contribution in [1.29, 1.82) is 0 Å². The average Bonchev–Trinajstić information content (AvgIpc) is 2.86. The lowest BCUT2D eigenvalue weighted by Crippen LogP contribution is -2.46. The fraction of sp³-hybridized carbons (Fsp3) is 0.640. The molecule has 0 saturated carbocycles. The monoisotopic (exact) mass is 472 g/mol. The lowest BCUT2D eigenvalue weighted by Gasteiger charge is -2.33. The van der Waals surface area contributed by atoms with Crippen LogP contribution in [0.3, 0.4) is 0 Å². The van der Waals surface area contributed by atoms with Crippen molar-refractivity contribution in [1.82, 2.24) is 20.5 Å². The molecule has 2 fully saturated rings. The van der Waals surface area contributed by atoms with Crippen LogP contribution < -0.4 is 10.6 Å². The molecule has 1 aromatic heterocycles. The van der Waals surface area contributed by atoms with Crippen LogP contribution in [0.25, 0.3) is 0 Å². The molecule has 3 rings (SSSR count). The molecule has 0 aliphatic carbocycles. The highest BCUT2D eigenvalue weighted by Crippen LogP contribution is 2.23. The van der Waals surface area contributed by atoms with Gasteiger partial charge in [-0.2, -0.15) is 0 Å². The van der Waals surface area contributed by atoms with Gasteiger partial charge in [-0.05, 0) is 69.7 Å². The number of likely N-dealkylation sites (tertiary alicyclic amines) is 1. The third-order valence-electron chi connectivity index (χ3n) is 6.58. The third-order valence-corrected chi connectivity index (χ3v) is 6.58. The largest absolute Gasteiger partial charge is 0.458 e. The maximum atomic E-state index is 13.1. The highest BCUT2D eigenvalue weighted by Gasteiger charge is 2.31. The van der Waals surface area contributed by atoms with Gasteiger partial charge in [0.25, 0.3) is 0 Å². The Kier molecular flexibility index (Phi) is 10.00. The summed E-state index contributed by atoms with van der Waals surface area (Å²) in [6, 6.07) is 2.90. The zero-order chi connectivity index (χ0) is 24.3. The van der Waals surface area contributed by atoms with Crippen LogP contribution >= 0.6 is 0 Å². The lowest BCUT2D eigenvalue weighted by molar-refractivity contribution is -0.148. The summed E-state index contributed by atoms with van der Waals surface area (Å²) in [5.74, 6) is -0.622. The van der Waals surface area contributed by atoms with E-state index in [4.69, 9.17) is 4.74 Å². The van der Waals surface area contributed by atoms with E-state index in [0.29, 0.717) is 37.4 Å². The molecule has 2 saturated heterocycles. The number of nitrogens with zero attached hydrogens (tertiary/aromatic N) is 2. The maximum Gasteiger partial charge on any atom is 0.308 e. The number of piperidine rings is 2. The summed E-state index contributed by atoms with van der Waals surface area (Å²) in [5.41, 5.74) is 0.682. The molecule has 1 aromatic rings. The minimum Gasteiger partial charge on any atom is -0.458 e. The van der Waals surface area contributed by atoms with E-state index in [0.717, 1.165) is 38.8 Å². The molecular formula is C25H36N4O5. The van der Waals surface area contributed by atoms with Gasteiger partial charge in [0.05, 0.1) is 18.4 Å². The first kappa shape index (κ1) is 25.8. The van der Waals surface area contributed by atoms with Crippen molar-refractivity contribution >= 4 is 23.6 Å². The van der Waals surface area contributed by atoms with Crippen molar-refractivity contribution in [2.24, 2.45) is 11.8 Å². The van der Waals surface area contributed by atoms with Gasteiger partial charge in [-0.3, -0.25) is 24.2 Å². The molecule has 2 aliphatic rings. The molecule has 2 N–H and O–H groups in total. The van der Waals surface area contributed by atoms with E-state index in [-0.39, 0.29) is 36.5 Å². The number of amides is 2. The molecule has 186 valence electrons. The fourth-order valence-corrected chi connectivity index (χ4v) is 4.61. The Morgan fingerprint density at radius 2 is 2.03 bits per heavy atom. The summed E-state index contributed by atoms with van der Waals surface area (Å²) in [4.78, 5) is 55.2. The second kappa shape index (κ2) is 13.2. The standard InChI is InChI=1S/C25H36N4O5/c1-18(30)17-34-24(32)14-22(20-4-2-10-27-15-20)28-25(33)21-5-3-13-29(16-21)23(31)7-6-19-8-11-26-12-9-19/h2,4,10,15,19,21-22,26H,3,5-9,11-14,16-17H2,1H3,(H,28,33)/t21-,22+/m1/s1. The molecule has 0 aromatic carbocycles. The number of ketones is 1. The summed E-state index contributed by atoms with van der Waals surface area (Å²) >= 11 is 0. The van der Waals surface area contributed by atoms with Gasteiger partial charge in [-0.15, -0.1) is 0 Å². The summed E-state index contributed by atoms with van der Waals surface area (Å²) in [7, 11) is 0. The first-order valence-electron chi connectivity index (χ1n) is 12.3. The van der Waals surface area contributed by atoms with E-state index in [2.05, 4.69) is 15.6 Å². The Hall–Kier alpha value is -2.81. The van der Waals surface area contributed by atoms with Gasteiger partial charge in [0.15, 0.2) is 5.78 Å². The number of carbonyl (C=O) groups is 4. The van der Waals surface area contributed by atoms with Crippen LogP contribution in [0.4, 0.5) is 0 Å². The molecule has 2 aliphatic heterocycles. The molecular weight excluding hydrogens is 436 g/mol. The van der Waals surface area contributed by atoms with E-state index in [9.17, 15) is 19.2 Å². The number of ether oxygens (including phenoxy) is 1. The smallest absolute Gasteiger partial charge is 0.308 e. The summed E-state index contributed by atoms with van der Waals surface area (Å²) < 4.78 is 4.99. The zero-order valence-corrected chi connectivity index (χ0v) is 20.0. The molecule has 3 heterocycles. The van der Waals surface area contributed by atoms with Crippen LogP contribution in [0.1, 0.15) is 63.5 Å². The predicted molar refractivity (Wildman–Crippen MR) is 126 cm³/mol. The normalized spacial score (nSPS) is 19.8. The first-order chi connectivity index (χ1) is 16.4. The molecule has 9 heteroatoms. The Labute approximate surface area is 201 Å². The molecule has 9 nitrogen and oxygen atoms in total. The summed E-state index contributed by atoms with van der Waals surface area (Å²) in [5, 5.41) is 6.30. The highest BCUT2D eigenvalue weighted by molar-refractivity contribution is 5.83. The van der Waals surface area contributed by atoms with Crippen LogP contribution in [-0.4, -0.2) is 66.2 Å². The highest BCUT2D eigenvalue weighted by atomic mass is 16.5. The predicted octanol–water partition coefficient (Wildman–Crippen LogP) is 1.78. The summed E-state index contributed by atoms with van der Waals surface area (Å²) in [6.45, 7) is 4.17. The Morgan fingerprint density at radius 3 is 2.74 bits per heavy atom. The van der Waals surface area contributed by atoms with Crippen LogP contribution in [0.15, 0.2) is 24.5 Å². The Morgan fingerprint density at radius 1 is 1.24 bits per heavy atom. The molecule has 0 spiro atoms. The molecule has 0 unspecified atom stereocenters. The van der Waals surface area contributed by atoms with Crippen LogP contribution in [0, 0.1) is 11.8 Å². The number of hydrogen-bond acceptors (Lipinski definition) is 7. The second-order valence-electron chi connectivity index (χ2n) is 9.33. The van der Waals surface area contributed by atoms with Crippen LogP contribution in [0.5, 0.6) is 0 Å². The quantitative estimate of drug-likeness (QED) is 0.499. The number of pyridine rings is 1.